The highest BCUT2D eigenvalue weighted by Crippen LogP contribution is 2.29. The van der Waals surface area contributed by atoms with Crippen LogP contribution >= 0.6 is 0 Å². The van der Waals surface area contributed by atoms with Crippen LogP contribution < -0.4 is 9.46 Å². The molecule has 0 saturated heterocycles. The van der Waals surface area contributed by atoms with Crippen LogP contribution in [0.4, 0.5) is 5.69 Å². The van der Waals surface area contributed by atoms with E-state index in [0.717, 1.165) is 24.6 Å². The molecule has 0 amide bonds. The number of ether oxygens (including phenoxy) is 1. The van der Waals surface area contributed by atoms with Crippen molar-refractivity contribution in [3.8, 4) is 5.75 Å². The van der Waals surface area contributed by atoms with Crippen molar-refractivity contribution < 1.29 is 28.0 Å². The molecule has 1 aromatic rings. The number of methoxy groups -OCH3 is 1. The molecule has 1 atom stereocenters. The third kappa shape index (κ3) is 4.89. The van der Waals surface area contributed by atoms with E-state index in [1.165, 1.54) is 7.11 Å². The van der Waals surface area contributed by atoms with Crippen LogP contribution in [0.5, 0.6) is 5.75 Å². The van der Waals surface area contributed by atoms with Gasteiger partial charge in [0.05, 0.1) is 16.9 Å². The monoisotopic (exact) mass is 346 g/mol. The quantitative estimate of drug-likeness (QED) is 0.511. The van der Waals surface area contributed by atoms with Gasteiger partial charge in [-0.1, -0.05) is 19.8 Å². The second-order valence-corrected chi connectivity index (χ2v) is 6.46. The maximum Gasteiger partial charge on any atom is 0.321 e. The number of carboxylic acid groups (broad SMARTS) is 1. The average Bonchev–Trinajstić information content (AvgIpc) is 2.50. The van der Waals surface area contributed by atoms with Crippen LogP contribution in [-0.2, 0) is 14.8 Å². The molecule has 0 fully saturated rings. The Morgan fingerprint density at radius 3 is 2.61 bits per heavy atom. The van der Waals surface area contributed by atoms with E-state index in [1.807, 2.05) is 6.92 Å². The molecular weight excluding hydrogens is 328 g/mol. The van der Waals surface area contributed by atoms with Crippen LogP contribution in [0.1, 0.15) is 26.2 Å². The van der Waals surface area contributed by atoms with Gasteiger partial charge in [-0.05, 0) is 12.5 Å². The van der Waals surface area contributed by atoms with Crippen LogP contribution in [-0.4, -0.2) is 37.6 Å². The number of rotatable bonds is 9. The van der Waals surface area contributed by atoms with E-state index in [0.29, 0.717) is 6.42 Å². The number of carboxylic acids is 1. The molecule has 0 heterocycles. The number of hydrogen-bond donors (Lipinski definition) is 2. The summed E-state index contributed by atoms with van der Waals surface area (Å²) in [6.45, 7) is 1.86. The summed E-state index contributed by atoms with van der Waals surface area (Å²) in [5.74, 6) is -1.51. The summed E-state index contributed by atoms with van der Waals surface area (Å²) in [6.07, 6.45) is 1.41. The molecule has 10 heteroatoms. The molecule has 0 aromatic heterocycles. The number of hydrogen-bond acceptors (Lipinski definition) is 6. The molecule has 1 unspecified atom stereocenters. The highest BCUT2D eigenvalue weighted by molar-refractivity contribution is 7.89. The predicted molar refractivity (Wildman–Crippen MR) is 80.9 cm³/mol. The molecule has 9 nitrogen and oxygen atoms in total. The fourth-order valence-corrected chi connectivity index (χ4v) is 3.11. The van der Waals surface area contributed by atoms with Gasteiger partial charge in [-0.3, -0.25) is 14.9 Å². The van der Waals surface area contributed by atoms with Gasteiger partial charge in [0.1, 0.15) is 6.04 Å². The lowest BCUT2D eigenvalue weighted by Crippen LogP contribution is -2.40. The summed E-state index contributed by atoms with van der Waals surface area (Å²) in [6, 6.07) is 1.75. The van der Waals surface area contributed by atoms with Crippen molar-refractivity contribution in [2.24, 2.45) is 0 Å². The summed E-state index contributed by atoms with van der Waals surface area (Å²) in [4.78, 5) is 20.9. The van der Waals surface area contributed by atoms with Gasteiger partial charge in [-0.2, -0.15) is 4.72 Å². The van der Waals surface area contributed by atoms with Gasteiger partial charge in [0.15, 0.2) is 5.75 Å². The predicted octanol–water partition coefficient (Wildman–Crippen LogP) is 1.53. The van der Waals surface area contributed by atoms with E-state index in [4.69, 9.17) is 9.84 Å². The van der Waals surface area contributed by atoms with Crippen LogP contribution in [0.3, 0.4) is 0 Å². The van der Waals surface area contributed by atoms with Crippen molar-refractivity contribution in [1.82, 2.24) is 4.72 Å². The summed E-state index contributed by atoms with van der Waals surface area (Å²) in [5.41, 5.74) is -0.382. The van der Waals surface area contributed by atoms with E-state index in [1.54, 1.807) is 0 Å². The molecule has 1 rings (SSSR count). The van der Waals surface area contributed by atoms with E-state index in [2.05, 4.69) is 4.72 Å². The molecule has 128 valence electrons. The van der Waals surface area contributed by atoms with Gasteiger partial charge in [0.2, 0.25) is 10.0 Å². The first-order valence-electron chi connectivity index (χ1n) is 6.80. The standard InChI is InChI=1S/C13H18N2O7S/c1-3-4-5-10(13(16)17)14-23(20,21)9-6-7-11(15(18)19)12(8-9)22-2/h6-8,10,14H,3-5H2,1-2H3,(H,16,17). The molecule has 0 radical (unpaired) electrons. The number of benzene rings is 1. The van der Waals surface area contributed by atoms with Gasteiger partial charge in [0.25, 0.3) is 0 Å². The average molecular weight is 346 g/mol. The van der Waals surface area contributed by atoms with Crippen molar-refractivity contribution >= 4 is 21.7 Å². The maximum atomic E-state index is 12.3. The number of carbonyl (C=O) groups is 1. The number of sulfonamides is 1. The first-order chi connectivity index (χ1) is 10.7. The van der Waals surface area contributed by atoms with E-state index in [9.17, 15) is 23.3 Å². The Morgan fingerprint density at radius 2 is 2.13 bits per heavy atom. The Labute approximate surface area is 133 Å². The van der Waals surface area contributed by atoms with Crippen LogP contribution in [0.15, 0.2) is 23.1 Å². The van der Waals surface area contributed by atoms with E-state index >= 15 is 0 Å². The van der Waals surface area contributed by atoms with Gasteiger partial charge in [0, 0.05) is 12.1 Å². The molecule has 0 aliphatic rings. The zero-order valence-electron chi connectivity index (χ0n) is 12.7. The maximum absolute atomic E-state index is 12.3. The second kappa shape index (κ2) is 7.88. The largest absolute Gasteiger partial charge is 0.490 e. The summed E-state index contributed by atoms with van der Waals surface area (Å²) in [5, 5.41) is 19.9. The minimum Gasteiger partial charge on any atom is -0.490 e. The molecule has 0 aliphatic carbocycles. The van der Waals surface area contributed by atoms with E-state index < -0.39 is 27.0 Å². The third-order valence-electron chi connectivity index (χ3n) is 3.10. The lowest BCUT2D eigenvalue weighted by molar-refractivity contribution is -0.385. The number of unbranched alkanes of at least 4 members (excludes halogenated alkanes) is 1. The Kier molecular flexibility index (Phi) is 6.46. The van der Waals surface area contributed by atoms with Crippen molar-refractivity contribution in [1.29, 1.82) is 0 Å². The summed E-state index contributed by atoms with van der Waals surface area (Å²) in [7, 11) is -2.97. The topological polar surface area (TPSA) is 136 Å². The molecule has 0 bridgehead atoms. The van der Waals surface area contributed by atoms with Crippen molar-refractivity contribution in [3.05, 3.63) is 28.3 Å². The zero-order chi connectivity index (χ0) is 17.6. The van der Waals surface area contributed by atoms with Gasteiger partial charge < -0.3 is 9.84 Å². The van der Waals surface area contributed by atoms with Crippen molar-refractivity contribution in [3.63, 3.8) is 0 Å². The van der Waals surface area contributed by atoms with Crippen molar-refractivity contribution in [2.75, 3.05) is 7.11 Å². The normalized spacial score (nSPS) is 12.6. The number of nitrogens with zero attached hydrogens (tertiary/aromatic N) is 1. The molecule has 0 spiro atoms. The highest BCUT2D eigenvalue weighted by Gasteiger charge is 2.27. The number of nitro benzene ring substituents is 1. The summed E-state index contributed by atoms with van der Waals surface area (Å²) >= 11 is 0. The van der Waals surface area contributed by atoms with E-state index in [-0.39, 0.29) is 22.8 Å². The van der Waals surface area contributed by atoms with Crippen molar-refractivity contribution in [2.45, 2.75) is 37.1 Å². The minimum atomic E-state index is -4.14. The lowest BCUT2D eigenvalue weighted by Gasteiger charge is -2.14. The van der Waals surface area contributed by atoms with Crippen LogP contribution in [0, 0.1) is 10.1 Å². The fraction of sp³-hybridized carbons (Fsp3) is 0.462. The Hall–Kier alpha value is -2.20. The first kappa shape index (κ1) is 18.8. The van der Waals surface area contributed by atoms with Crippen LogP contribution in [0.2, 0.25) is 0 Å². The Bertz CT molecular complexity index is 688. The third-order valence-corrected chi connectivity index (χ3v) is 4.57. The number of nitrogens with one attached hydrogen (secondary N) is 1. The molecular formula is C13H18N2O7S. The Balaban J connectivity index is 3.12. The smallest absolute Gasteiger partial charge is 0.321 e. The highest BCUT2D eigenvalue weighted by atomic mass is 32.2. The number of nitro groups is 1. The first-order valence-corrected chi connectivity index (χ1v) is 8.28. The Morgan fingerprint density at radius 1 is 1.48 bits per heavy atom. The number of aliphatic carboxylic acids is 1. The van der Waals surface area contributed by atoms with Crippen LogP contribution in [0.25, 0.3) is 0 Å². The molecule has 0 aliphatic heterocycles. The van der Waals surface area contributed by atoms with Gasteiger partial charge in [-0.15, -0.1) is 0 Å². The SMILES string of the molecule is CCCCC(NS(=O)(=O)c1ccc([N+](=O)[O-])c(OC)c1)C(=O)O. The molecule has 1 aromatic carbocycles. The lowest BCUT2D eigenvalue weighted by atomic mass is 10.1. The molecule has 0 saturated carbocycles. The zero-order valence-corrected chi connectivity index (χ0v) is 13.5. The second-order valence-electron chi connectivity index (χ2n) is 4.75. The summed E-state index contributed by atoms with van der Waals surface area (Å²) < 4.78 is 31.4. The minimum absolute atomic E-state index is 0.148. The molecule has 23 heavy (non-hydrogen) atoms. The molecule has 2 N–H and O–H groups in total. The van der Waals surface area contributed by atoms with Gasteiger partial charge in [-0.25, -0.2) is 8.42 Å². The fourth-order valence-electron chi connectivity index (χ4n) is 1.87. The van der Waals surface area contributed by atoms with Gasteiger partial charge >= 0.3 is 11.7 Å².